The maximum Gasteiger partial charge on any atom is 0.0497 e. The van der Waals surface area contributed by atoms with Gasteiger partial charge in [0.05, 0.1) is 0 Å². The summed E-state index contributed by atoms with van der Waals surface area (Å²) in [5.74, 6) is 0. The average Bonchev–Trinajstić information content (AvgIpc) is 2.34. The van der Waals surface area contributed by atoms with Crippen LogP contribution in [0.3, 0.4) is 0 Å². The molecule has 100 valence electrons. The lowest BCUT2D eigenvalue weighted by molar-refractivity contribution is 0.101. The van der Waals surface area contributed by atoms with Crippen LogP contribution in [0.5, 0.6) is 0 Å². The molecule has 0 saturated carbocycles. The molecule has 2 atom stereocenters. The minimum atomic E-state index is 0.163. The van der Waals surface area contributed by atoms with E-state index in [0.717, 1.165) is 26.2 Å². The van der Waals surface area contributed by atoms with Gasteiger partial charge in [-0.3, -0.25) is 4.90 Å². The van der Waals surface area contributed by atoms with E-state index in [-0.39, 0.29) is 6.04 Å². The summed E-state index contributed by atoms with van der Waals surface area (Å²) in [4.78, 5) is 4.90. The molecule has 0 aromatic heterocycles. The van der Waals surface area contributed by atoms with Crippen molar-refractivity contribution in [3.63, 3.8) is 0 Å². The Morgan fingerprint density at radius 3 is 2.11 bits per heavy atom. The molecule has 3 nitrogen and oxygen atoms in total. The molecule has 0 radical (unpaired) electrons. The van der Waals surface area contributed by atoms with E-state index in [1.165, 1.54) is 11.1 Å². The lowest BCUT2D eigenvalue weighted by atomic mass is 9.97. The number of likely N-dealkylation sites (N-methyl/N-ethyl adjacent to an activating group) is 1. The molecule has 1 aliphatic heterocycles. The summed E-state index contributed by atoms with van der Waals surface area (Å²) < 4.78 is 0. The fraction of sp³-hybridized carbons (Fsp3) is 0.600. The van der Waals surface area contributed by atoms with Crippen LogP contribution >= 0.6 is 0 Å². The molecule has 3 heteroatoms. The number of piperazine rings is 1. The number of aryl methyl sites for hydroxylation is 1. The first-order valence-corrected chi connectivity index (χ1v) is 6.82. The molecule has 1 fully saturated rings. The monoisotopic (exact) mass is 247 g/mol. The zero-order chi connectivity index (χ0) is 13.1. The lowest BCUT2D eigenvalue weighted by Crippen LogP contribution is -2.49. The van der Waals surface area contributed by atoms with Gasteiger partial charge in [-0.15, -0.1) is 0 Å². The van der Waals surface area contributed by atoms with Crippen molar-refractivity contribution in [3.05, 3.63) is 35.4 Å². The first kappa shape index (κ1) is 13.5. The summed E-state index contributed by atoms with van der Waals surface area (Å²) in [7, 11) is 2.18. The van der Waals surface area contributed by atoms with Crippen molar-refractivity contribution >= 4 is 0 Å². The summed E-state index contributed by atoms with van der Waals surface area (Å²) in [6.07, 6.45) is 0. The van der Waals surface area contributed by atoms with Gasteiger partial charge in [0.15, 0.2) is 0 Å². The second kappa shape index (κ2) is 5.83. The van der Waals surface area contributed by atoms with Gasteiger partial charge in [-0.1, -0.05) is 29.8 Å². The zero-order valence-corrected chi connectivity index (χ0v) is 11.8. The third-order valence-electron chi connectivity index (χ3n) is 3.85. The van der Waals surface area contributed by atoms with Crippen molar-refractivity contribution in [1.29, 1.82) is 0 Å². The molecule has 1 saturated heterocycles. The molecular weight excluding hydrogens is 222 g/mol. The molecule has 2 unspecified atom stereocenters. The molecule has 18 heavy (non-hydrogen) atoms. The Balaban J connectivity index is 2.15. The minimum absolute atomic E-state index is 0.163. The van der Waals surface area contributed by atoms with E-state index in [1.807, 2.05) is 0 Å². The van der Waals surface area contributed by atoms with Crippen molar-refractivity contribution in [1.82, 2.24) is 9.80 Å². The minimum Gasteiger partial charge on any atom is -0.326 e. The average molecular weight is 247 g/mol. The highest BCUT2D eigenvalue weighted by molar-refractivity contribution is 5.25. The molecule has 1 heterocycles. The topological polar surface area (TPSA) is 32.5 Å². The number of hydrogen-bond acceptors (Lipinski definition) is 3. The maximum absolute atomic E-state index is 6.22. The first-order valence-electron chi connectivity index (χ1n) is 6.82. The summed E-state index contributed by atoms with van der Waals surface area (Å²) in [6, 6.07) is 9.32. The Bertz CT molecular complexity index is 364. The quantitative estimate of drug-likeness (QED) is 0.881. The van der Waals surface area contributed by atoms with Crippen LogP contribution in [0.1, 0.15) is 24.1 Å². The number of rotatable bonds is 3. The van der Waals surface area contributed by atoms with Crippen LogP contribution in [0.4, 0.5) is 0 Å². The summed E-state index contributed by atoms with van der Waals surface area (Å²) >= 11 is 0. The van der Waals surface area contributed by atoms with Crippen molar-refractivity contribution in [2.45, 2.75) is 25.9 Å². The molecule has 1 aromatic rings. The Morgan fingerprint density at radius 2 is 1.61 bits per heavy atom. The maximum atomic E-state index is 6.22. The van der Waals surface area contributed by atoms with Crippen molar-refractivity contribution in [3.8, 4) is 0 Å². The van der Waals surface area contributed by atoms with E-state index in [4.69, 9.17) is 5.73 Å². The Morgan fingerprint density at radius 1 is 1.06 bits per heavy atom. The van der Waals surface area contributed by atoms with E-state index in [1.54, 1.807) is 0 Å². The van der Waals surface area contributed by atoms with E-state index < -0.39 is 0 Å². The molecular formula is C15H25N3. The van der Waals surface area contributed by atoms with Gasteiger partial charge in [0, 0.05) is 38.3 Å². The van der Waals surface area contributed by atoms with Gasteiger partial charge < -0.3 is 10.6 Å². The van der Waals surface area contributed by atoms with Crippen LogP contribution in [0.15, 0.2) is 24.3 Å². The highest BCUT2D eigenvalue weighted by Gasteiger charge is 2.26. The number of benzene rings is 1. The summed E-state index contributed by atoms with van der Waals surface area (Å²) in [5.41, 5.74) is 8.87. The van der Waals surface area contributed by atoms with E-state index in [9.17, 15) is 0 Å². The van der Waals surface area contributed by atoms with Gasteiger partial charge in [-0.25, -0.2) is 0 Å². The Kier molecular flexibility index (Phi) is 4.38. The largest absolute Gasteiger partial charge is 0.326 e. The van der Waals surface area contributed by atoms with Gasteiger partial charge in [-0.2, -0.15) is 0 Å². The SMILES string of the molecule is Cc1ccc(C(C(C)N)N2CCN(C)CC2)cc1. The number of nitrogens with zero attached hydrogens (tertiary/aromatic N) is 2. The number of nitrogens with two attached hydrogens (primary N) is 1. The fourth-order valence-corrected chi connectivity index (χ4v) is 2.71. The molecule has 1 aromatic carbocycles. The molecule has 2 rings (SSSR count). The van der Waals surface area contributed by atoms with Gasteiger partial charge in [0.25, 0.3) is 0 Å². The van der Waals surface area contributed by atoms with Crippen molar-refractivity contribution < 1.29 is 0 Å². The van der Waals surface area contributed by atoms with Crippen molar-refractivity contribution in [2.24, 2.45) is 5.73 Å². The third-order valence-corrected chi connectivity index (χ3v) is 3.85. The third kappa shape index (κ3) is 3.10. The Labute approximate surface area is 111 Å². The van der Waals surface area contributed by atoms with Crippen LogP contribution in [-0.4, -0.2) is 49.1 Å². The fourth-order valence-electron chi connectivity index (χ4n) is 2.71. The molecule has 2 N–H and O–H groups in total. The van der Waals surface area contributed by atoms with Crippen LogP contribution in [0.2, 0.25) is 0 Å². The molecule has 0 bridgehead atoms. The first-order chi connectivity index (χ1) is 8.58. The van der Waals surface area contributed by atoms with Gasteiger partial charge in [-0.05, 0) is 26.5 Å². The smallest absolute Gasteiger partial charge is 0.0497 e. The van der Waals surface area contributed by atoms with E-state index in [0.29, 0.717) is 6.04 Å². The predicted molar refractivity (Wildman–Crippen MR) is 76.6 cm³/mol. The van der Waals surface area contributed by atoms with Crippen LogP contribution in [0, 0.1) is 6.92 Å². The summed E-state index contributed by atoms with van der Waals surface area (Å²) in [6.45, 7) is 8.72. The highest BCUT2D eigenvalue weighted by atomic mass is 15.3. The van der Waals surface area contributed by atoms with Crippen LogP contribution < -0.4 is 5.73 Å². The number of hydrogen-bond donors (Lipinski definition) is 1. The predicted octanol–water partition coefficient (Wildman–Crippen LogP) is 1.63. The second-order valence-corrected chi connectivity index (χ2v) is 5.55. The highest BCUT2D eigenvalue weighted by Crippen LogP contribution is 2.24. The van der Waals surface area contributed by atoms with Crippen LogP contribution in [-0.2, 0) is 0 Å². The molecule has 1 aliphatic rings. The van der Waals surface area contributed by atoms with Gasteiger partial charge in [0.1, 0.15) is 0 Å². The van der Waals surface area contributed by atoms with Crippen LogP contribution in [0.25, 0.3) is 0 Å². The zero-order valence-electron chi connectivity index (χ0n) is 11.8. The molecule has 0 amide bonds. The second-order valence-electron chi connectivity index (χ2n) is 5.55. The molecule has 0 spiro atoms. The van der Waals surface area contributed by atoms with E-state index >= 15 is 0 Å². The lowest BCUT2D eigenvalue weighted by Gasteiger charge is -2.40. The van der Waals surface area contributed by atoms with E-state index in [2.05, 4.69) is 55.0 Å². The summed E-state index contributed by atoms with van der Waals surface area (Å²) in [5, 5.41) is 0. The molecule has 0 aliphatic carbocycles. The standard InChI is InChI=1S/C15H25N3/c1-12-4-6-14(7-5-12)15(13(2)16)18-10-8-17(3)9-11-18/h4-7,13,15H,8-11,16H2,1-3H3. The van der Waals surface area contributed by atoms with Crippen molar-refractivity contribution in [2.75, 3.05) is 33.2 Å². The van der Waals surface area contributed by atoms with Gasteiger partial charge >= 0.3 is 0 Å². The Hall–Kier alpha value is -0.900. The normalized spacial score (nSPS) is 21.8. The van der Waals surface area contributed by atoms with Gasteiger partial charge in [0.2, 0.25) is 0 Å².